The minimum atomic E-state index is -0.0662. The standard InChI is InChI=1S/C28H35N5O3/c1-4-32-11-13-33(14-12-32)25-9-7-24(8-10-25)31-28-29-18-22(19-30-28)6-5-21-15-23(27(34)20-35-2)17-26(16-21)36-3/h7-10,15-19H,4-6,11-14,20H2,1-3H3,(H,29,30,31). The van der Waals surface area contributed by atoms with E-state index in [-0.39, 0.29) is 12.4 Å². The van der Waals surface area contributed by atoms with Crippen molar-refractivity contribution in [2.75, 3.05) is 63.8 Å². The first-order valence-electron chi connectivity index (χ1n) is 12.4. The van der Waals surface area contributed by atoms with Crippen molar-refractivity contribution >= 4 is 23.1 Å². The summed E-state index contributed by atoms with van der Waals surface area (Å²) in [6.45, 7) is 7.73. The Balaban J connectivity index is 1.32. The maximum Gasteiger partial charge on any atom is 0.227 e. The van der Waals surface area contributed by atoms with Gasteiger partial charge >= 0.3 is 0 Å². The fourth-order valence-corrected chi connectivity index (χ4v) is 4.34. The summed E-state index contributed by atoms with van der Waals surface area (Å²) in [6.07, 6.45) is 5.18. The number of ketones is 1. The first-order valence-corrected chi connectivity index (χ1v) is 12.4. The number of hydrogen-bond donors (Lipinski definition) is 1. The predicted octanol–water partition coefficient (Wildman–Crippen LogP) is 3.99. The first-order chi connectivity index (χ1) is 17.6. The number of aromatic nitrogens is 2. The zero-order chi connectivity index (χ0) is 25.3. The van der Waals surface area contributed by atoms with E-state index in [1.807, 2.05) is 24.5 Å². The molecule has 1 aliphatic heterocycles. The summed E-state index contributed by atoms with van der Waals surface area (Å²) in [7, 11) is 3.12. The highest BCUT2D eigenvalue weighted by Crippen LogP contribution is 2.22. The van der Waals surface area contributed by atoms with Crippen molar-refractivity contribution in [3.8, 4) is 5.75 Å². The molecule has 3 aromatic rings. The molecular formula is C28H35N5O3. The molecule has 2 aromatic carbocycles. The molecule has 0 amide bonds. The van der Waals surface area contributed by atoms with E-state index in [9.17, 15) is 4.79 Å². The normalized spacial score (nSPS) is 14.0. The third-order valence-electron chi connectivity index (χ3n) is 6.52. The molecule has 0 spiro atoms. The van der Waals surface area contributed by atoms with Crippen LogP contribution in [0.1, 0.15) is 28.4 Å². The third kappa shape index (κ3) is 6.80. The monoisotopic (exact) mass is 489 g/mol. The van der Waals surface area contributed by atoms with Gasteiger partial charge in [-0.3, -0.25) is 4.79 Å². The number of benzene rings is 2. The molecule has 0 saturated carbocycles. The van der Waals surface area contributed by atoms with Crippen LogP contribution in [-0.2, 0) is 17.6 Å². The van der Waals surface area contributed by atoms with Gasteiger partial charge in [0, 0.05) is 62.6 Å². The van der Waals surface area contributed by atoms with Crippen molar-refractivity contribution in [3.05, 3.63) is 71.5 Å². The van der Waals surface area contributed by atoms with Gasteiger partial charge in [0.25, 0.3) is 0 Å². The number of methoxy groups -OCH3 is 2. The van der Waals surface area contributed by atoms with Crippen molar-refractivity contribution in [2.24, 2.45) is 0 Å². The van der Waals surface area contributed by atoms with Crippen molar-refractivity contribution < 1.29 is 14.3 Å². The second-order valence-corrected chi connectivity index (χ2v) is 8.93. The fourth-order valence-electron chi connectivity index (χ4n) is 4.34. The maximum atomic E-state index is 12.2. The van der Waals surface area contributed by atoms with Crippen LogP contribution < -0.4 is 15.0 Å². The fraction of sp³-hybridized carbons (Fsp3) is 0.393. The van der Waals surface area contributed by atoms with E-state index in [2.05, 4.69) is 56.3 Å². The van der Waals surface area contributed by atoms with Crippen LogP contribution in [0.15, 0.2) is 54.9 Å². The highest BCUT2D eigenvalue weighted by molar-refractivity contribution is 5.97. The van der Waals surface area contributed by atoms with Crippen LogP contribution in [0.2, 0.25) is 0 Å². The number of nitrogens with one attached hydrogen (secondary N) is 1. The van der Waals surface area contributed by atoms with Gasteiger partial charge in [0.05, 0.1) is 7.11 Å². The van der Waals surface area contributed by atoms with Crippen molar-refractivity contribution in [2.45, 2.75) is 19.8 Å². The molecule has 0 radical (unpaired) electrons. The van der Waals surface area contributed by atoms with Crippen LogP contribution in [0.5, 0.6) is 5.75 Å². The SMILES string of the molecule is CCN1CCN(c2ccc(Nc3ncc(CCc4cc(OC)cc(C(=O)COC)c4)cn3)cc2)CC1. The molecular weight excluding hydrogens is 454 g/mol. The Bertz CT molecular complexity index is 1130. The average molecular weight is 490 g/mol. The van der Waals surface area contributed by atoms with Gasteiger partial charge in [0.1, 0.15) is 12.4 Å². The zero-order valence-electron chi connectivity index (χ0n) is 21.4. The number of carbonyl (C=O) groups excluding carboxylic acids is 1. The van der Waals surface area contributed by atoms with Crippen LogP contribution in [0.3, 0.4) is 0 Å². The molecule has 0 unspecified atom stereocenters. The smallest absolute Gasteiger partial charge is 0.227 e. The predicted molar refractivity (Wildman–Crippen MR) is 143 cm³/mol. The molecule has 8 nitrogen and oxygen atoms in total. The van der Waals surface area contributed by atoms with E-state index >= 15 is 0 Å². The van der Waals surface area contributed by atoms with Crippen LogP contribution >= 0.6 is 0 Å². The van der Waals surface area contributed by atoms with Crippen molar-refractivity contribution in [1.82, 2.24) is 14.9 Å². The van der Waals surface area contributed by atoms with Crippen molar-refractivity contribution in [3.63, 3.8) is 0 Å². The zero-order valence-corrected chi connectivity index (χ0v) is 21.4. The number of nitrogens with zero attached hydrogens (tertiary/aromatic N) is 4. The number of hydrogen-bond acceptors (Lipinski definition) is 8. The van der Waals surface area contributed by atoms with Gasteiger partial charge in [-0.05, 0) is 73.0 Å². The Hall–Kier alpha value is -3.49. The lowest BCUT2D eigenvalue weighted by atomic mass is 10.0. The quantitative estimate of drug-likeness (QED) is 0.405. The van der Waals surface area contributed by atoms with Gasteiger partial charge in [-0.25, -0.2) is 9.97 Å². The number of anilines is 3. The van der Waals surface area contributed by atoms with Gasteiger partial charge in [-0.1, -0.05) is 6.92 Å². The minimum Gasteiger partial charge on any atom is -0.497 e. The molecule has 1 aromatic heterocycles. The molecule has 2 heterocycles. The van der Waals surface area contributed by atoms with E-state index in [1.165, 1.54) is 12.8 Å². The van der Waals surface area contributed by atoms with E-state index < -0.39 is 0 Å². The van der Waals surface area contributed by atoms with Crippen molar-refractivity contribution in [1.29, 1.82) is 0 Å². The number of ether oxygens (including phenoxy) is 2. The number of aryl methyl sites for hydroxylation is 2. The molecule has 0 atom stereocenters. The molecule has 190 valence electrons. The van der Waals surface area contributed by atoms with Gasteiger partial charge in [0.15, 0.2) is 5.78 Å². The van der Waals surface area contributed by atoms with Crippen LogP contribution in [0, 0.1) is 0 Å². The lowest BCUT2D eigenvalue weighted by Gasteiger charge is -2.35. The van der Waals surface area contributed by atoms with E-state index in [1.54, 1.807) is 13.2 Å². The molecule has 36 heavy (non-hydrogen) atoms. The first kappa shape index (κ1) is 25.6. The number of rotatable bonds is 11. The van der Waals surface area contributed by atoms with Crippen LogP contribution in [-0.4, -0.2) is 74.2 Å². The average Bonchev–Trinajstić information content (AvgIpc) is 2.93. The molecule has 4 rings (SSSR count). The second-order valence-electron chi connectivity index (χ2n) is 8.93. The van der Waals surface area contributed by atoms with E-state index in [0.717, 1.165) is 62.4 Å². The van der Waals surface area contributed by atoms with Gasteiger partial charge in [0.2, 0.25) is 5.95 Å². The highest BCUT2D eigenvalue weighted by Gasteiger charge is 2.15. The summed E-state index contributed by atoms with van der Waals surface area (Å²) in [5.41, 5.74) is 4.85. The maximum absolute atomic E-state index is 12.2. The van der Waals surface area contributed by atoms with Gasteiger partial charge < -0.3 is 24.6 Å². The summed E-state index contributed by atoms with van der Waals surface area (Å²) < 4.78 is 10.3. The van der Waals surface area contributed by atoms with Crippen LogP contribution in [0.4, 0.5) is 17.3 Å². The number of piperazine rings is 1. The molecule has 1 saturated heterocycles. The molecule has 0 aliphatic carbocycles. The Morgan fingerprint density at radius 3 is 2.28 bits per heavy atom. The molecule has 0 bridgehead atoms. The summed E-state index contributed by atoms with van der Waals surface area (Å²) in [4.78, 5) is 26.1. The Morgan fingerprint density at radius 1 is 0.944 bits per heavy atom. The number of likely N-dealkylation sites (N-methyl/N-ethyl adjacent to an activating group) is 1. The minimum absolute atomic E-state index is 0.0492. The summed E-state index contributed by atoms with van der Waals surface area (Å²) in [5, 5.41) is 3.28. The van der Waals surface area contributed by atoms with Gasteiger partial charge in [-0.15, -0.1) is 0 Å². The van der Waals surface area contributed by atoms with E-state index in [4.69, 9.17) is 9.47 Å². The largest absolute Gasteiger partial charge is 0.497 e. The molecule has 1 N–H and O–H groups in total. The Kier molecular flexibility index (Phi) is 8.86. The van der Waals surface area contributed by atoms with Crippen LogP contribution in [0.25, 0.3) is 0 Å². The third-order valence-corrected chi connectivity index (χ3v) is 6.52. The molecule has 1 fully saturated rings. The lowest BCUT2D eigenvalue weighted by molar-refractivity contribution is 0.0847. The van der Waals surface area contributed by atoms with Gasteiger partial charge in [-0.2, -0.15) is 0 Å². The number of Topliss-reactive ketones (excluding diaryl/α,β-unsaturated/α-hetero) is 1. The summed E-state index contributed by atoms with van der Waals surface area (Å²) >= 11 is 0. The summed E-state index contributed by atoms with van der Waals surface area (Å²) in [5.74, 6) is 1.16. The number of carbonyl (C=O) groups is 1. The highest BCUT2D eigenvalue weighted by atomic mass is 16.5. The Morgan fingerprint density at radius 2 is 1.64 bits per heavy atom. The topological polar surface area (TPSA) is 79.8 Å². The second kappa shape index (κ2) is 12.5. The Labute approximate surface area is 213 Å². The van der Waals surface area contributed by atoms with E-state index in [0.29, 0.717) is 17.3 Å². The molecule has 8 heteroatoms. The summed E-state index contributed by atoms with van der Waals surface area (Å²) in [6, 6.07) is 14.0. The lowest BCUT2D eigenvalue weighted by Crippen LogP contribution is -2.46. The molecule has 1 aliphatic rings.